The molecule has 2 atom stereocenters. The maximum atomic E-state index is 2.31. The molecule has 2 unspecified atom stereocenters. The van der Waals surface area contributed by atoms with Crippen LogP contribution in [-0.2, 0) is 0 Å². The van der Waals surface area contributed by atoms with E-state index in [2.05, 4.69) is 123 Å². The molecule has 0 N–H and O–H groups in total. The molecule has 0 spiro atoms. The van der Waals surface area contributed by atoms with Gasteiger partial charge in [0, 0.05) is 21.6 Å². The van der Waals surface area contributed by atoms with Gasteiger partial charge >= 0.3 is 0 Å². The topological polar surface area (TPSA) is 0 Å². The lowest BCUT2D eigenvalue weighted by Gasteiger charge is -2.22. The Labute approximate surface area is 191 Å². The van der Waals surface area contributed by atoms with Crippen molar-refractivity contribution in [3.8, 4) is 0 Å². The number of hydrogen-bond donors (Lipinski definition) is 0. The fraction of sp³-hybridized carbons (Fsp3) is 0.200. The zero-order chi connectivity index (χ0) is 21.5. The Balaban J connectivity index is 1.72. The maximum Gasteiger partial charge on any atom is 0.0160 e. The van der Waals surface area contributed by atoms with Crippen LogP contribution in [-0.4, -0.2) is 0 Å². The zero-order valence-electron chi connectivity index (χ0n) is 18.4. The lowest BCUT2D eigenvalue weighted by Crippen LogP contribution is -2.03. The Morgan fingerprint density at radius 1 is 0.484 bits per heavy atom. The third-order valence-corrected chi connectivity index (χ3v) is 7.21. The zero-order valence-corrected chi connectivity index (χ0v) is 19.2. The molecule has 0 nitrogen and oxygen atoms in total. The first kappa shape index (κ1) is 21.5. The Kier molecular flexibility index (Phi) is 7.27. The normalized spacial score (nSPS) is 13.0. The van der Waals surface area contributed by atoms with E-state index in [9.17, 15) is 0 Å². The molecule has 4 rings (SSSR count). The maximum absolute atomic E-state index is 2.31. The lowest BCUT2D eigenvalue weighted by atomic mass is 9.89. The Bertz CT molecular complexity index is 996. The van der Waals surface area contributed by atoms with Gasteiger partial charge in [-0.2, -0.15) is 0 Å². The van der Waals surface area contributed by atoms with Crippen LogP contribution in [0.25, 0.3) is 0 Å². The quantitative estimate of drug-likeness (QED) is 0.273. The molecular formula is C30H30S. The monoisotopic (exact) mass is 422 g/mol. The van der Waals surface area contributed by atoms with E-state index in [-0.39, 0.29) is 0 Å². The minimum absolute atomic E-state index is 0.410. The van der Waals surface area contributed by atoms with Crippen LogP contribution in [0.15, 0.2) is 119 Å². The van der Waals surface area contributed by atoms with Gasteiger partial charge in [0.25, 0.3) is 0 Å². The van der Waals surface area contributed by atoms with Crippen LogP contribution in [0.4, 0.5) is 0 Å². The van der Waals surface area contributed by atoms with E-state index in [1.165, 1.54) is 32.0 Å². The molecule has 0 heterocycles. The van der Waals surface area contributed by atoms with Gasteiger partial charge in [-0.1, -0.05) is 123 Å². The molecule has 0 radical (unpaired) electrons. The molecule has 0 amide bonds. The van der Waals surface area contributed by atoms with Gasteiger partial charge in [0.2, 0.25) is 0 Å². The van der Waals surface area contributed by atoms with Crippen molar-refractivity contribution in [3.05, 3.63) is 131 Å². The van der Waals surface area contributed by atoms with Crippen LogP contribution in [0.3, 0.4) is 0 Å². The van der Waals surface area contributed by atoms with E-state index in [0.29, 0.717) is 11.8 Å². The van der Waals surface area contributed by atoms with Gasteiger partial charge in [0.15, 0.2) is 0 Å². The Morgan fingerprint density at radius 2 is 0.839 bits per heavy atom. The second-order valence-electron chi connectivity index (χ2n) is 7.92. The summed E-state index contributed by atoms with van der Waals surface area (Å²) in [4.78, 5) is 2.71. The molecule has 0 saturated heterocycles. The first-order valence-corrected chi connectivity index (χ1v) is 12.1. The van der Waals surface area contributed by atoms with Crippen molar-refractivity contribution in [2.75, 3.05) is 0 Å². The van der Waals surface area contributed by atoms with Crippen molar-refractivity contribution in [1.29, 1.82) is 0 Å². The van der Waals surface area contributed by atoms with Crippen molar-refractivity contribution < 1.29 is 0 Å². The molecule has 0 fully saturated rings. The van der Waals surface area contributed by atoms with E-state index in [0.717, 1.165) is 12.8 Å². The van der Waals surface area contributed by atoms with Gasteiger partial charge in [-0.05, 0) is 47.2 Å². The molecule has 0 aliphatic heterocycles. The average Bonchev–Trinajstić information content (AvgIpc) is 2.84. The minimum Gasteiger partial charge on any atom is -0.0895 e. The highest BCUT2D eigenvalue weighted by Gasteiger charge is 2.19. The van der Waals surface area contributed by atoms with Gasteiger partial charge in [-0.3, -0.25) is 0 Å². The van der Waals surface area contributed by atoms with Crippen LogP contribution in [0, 0.1) is 0 Å². The predicted octanol–water partition coefficient (Wildman–Crippen LogP) is 8.92. The summed E-state index contributed by atoms with van der Waals surface area (Å²) in [6.45, 7) is 4.57. The molecule has 156 valence electrons. The molecule has 4 aromatic rings. The molecular weight excluding hydrogens is 392 g/mol. The molecule has 0 aliphatic carbocycles. The van der Waals surface area contributed by atoms with Gasteiger partial charge < -0.3 is 0 Å². The SMILES string of the molecule is CCC(c1ccccc1)c1ccccc1Sc1ccccc1C(CC)c1ccccc1. The average molecular weight is 423 g/mol. The van der Waals surface area contributed by atoms with Crippen LogP contribution >= 0.6 is 11.8 Å². The van der Waals surface area contributed by atoms with Crippen molar-refractivity contribution in [3.63, 3.8) is 0 Å². The third-order valence-electron chi connectivity index (χ3n) is 6.03. The van der Waals surface area contributed by atoms with Crippen molar-refractivity contribution in [1.82, 2.24) is 0 Å². The summed E-state index contributed by atoms with van der Waals surface area (Å²) in [5, 5.41) is 0. The largest absolute Gasteiger partial charge is 0.0895 e. The van der Waals surface area contributed by atoms with Crippen LogP contribution in [0.2, 0.25) is 0 Å². The number of hydrogen-bond acceptors (Lipinski definition) is 1. The second-order valence-corrected chi connectivity index (χ2v) is 9.00. The fourth-order valence-electron chi connectivity index (χ4n) is 4.48. The predicted molar refractivity (Wildman–Crippen MR) is 134 cm³/mol. The summed E-state index contributed by atoms with van der Waals surface area (Å²) in [6.07, 6.45) is 2.18. The minimum atomic E-state index is 0.410. The molecule has 0 aromatic heterocycles. The first-order valence-electron chi connectivity index (χ1n) is 11.3. The Morgan fingerprint density at radius 3 is 1.23 bits per heavy atom. The van der Waals surface area contributed by atoms with Gasteiger partial charge in [0.05, 0.1) is 0 Å². The summed E-state index contributed by atoms with van der Waals surface area (Å²) in [5.74, 6) is 0.821. The lowest BCUT2D eigenvalue weighted by molar-refractivity contribution is 0.757. The van der Waals surface area contributed by atoms with Crippen LogP contribution in [0.5, 0.6) is 0 Å². The van der Waals surface area contributed by atoms with E-state index in [1.54, 1.807) is 0 Å². The molecule has 1 heteroatoms. The van der Waals surface area contributed by atoms with E-state index < -0.39 is 0 Å². The Hall–Kier alpha value is -2.77. The standard InChI is InChI=1S/C30H30S/c1-3-25(23-15-7-5-8-16-23)27-19-11-13-21-29(27)31-30-22-14-12-20-28(30)26(4-2)24-17-9-6-10-18-24/h5-22,25-26H,3-4H2,1-2H3. The van der Waals surface area contributed by atoms with Crippen molar-refractivity contribution in [2.24, 2.45) is 0 Å². The van der Waals surface area contributed by atoms with Gasteiger partial charge in [0.1, 0.15) is 0 Å². The molecule has 0 aliphatic rings. The van der Waals surface area contributed by atoms with E-state index in [1.807, 2.05) is 11.8 Å². The van der Waals surface area contributed by atoms with Crippen molar-refractivity contribution in [2.45, 2.75) is 48.3 Å². The molecule has 31 heavy (non-hydrogen) atoms. The number of rotatable bonds is 8. The molecule has 0 bridgehead atoms. The highest BCUT2D eigenvalue weighted by molar-refractivity contribution is 7.99. The second kappa shape index (κ2) is 10.5. The summed E-state index contributed by atoms with van der Waals surface area (Å²) >= 11 is 1.92. The molecule has 4 aromatic carbocycles. The number of benzene rings is 4. The van der Waals surface area contributed by atoms with Gasteiger partial charge in [-0.15, -0.1) is 0 Å². The summed E-state index contributed by atoms with van der Waals surface area (Å²) in [5.41, 5.74) is 5.62. The summed E-state index contributed by atoms with van der Waals surface area (Å²) < 4.78 is 0. The summed E-state index contributed by atoms with van der Waals surface area (Å²) in [6, 6.07) is 39.7. The van der Waals surface area contributed by atoms with Crippen LogP contribution < -0.4 is 0 Å². The fourth-order valence-corrected chi connectivity index (χ4v) is 5.67. The van der Waals surface area contributed by atoms with Crippen molar-refractivity contribution >= 4 is 11.8 Å². The highest BCUT2D eigenvalue weighted by Crippen LogP contribution is 2.42. The summed E-state index contributed by atoms with van der Waals surface area (Å²) in [7, 11) is 0. The smallest absolute Gasteiger partial charge is 0.0160 e. The van der Waals surface area contributed by atoms with E-state index in [4.69, 9.17) is 0 Å². The molecule has 0 saturated carbocycles. The van der Waals surface area contributed by atoms with E-state index >= 15 is 0 Å². The first-order chi connectivity index (χ1) is 15.3. The van der Waals surface area contributed by atoms with Crippen LogP contribution in [0.1, 0.15) is 60.8 Å². The third kappa shape index (κ3) is 4.94. The van der Waals surface area contributed by atoms with Gasteiger partial charge in [-0.25, -0.2) is 0 Å². The highest BCUT2D eigenvalue weighted by atomic mass is 32.2.